The maximum absolute atomic E-state index is 13.2. The minimum atomic E-state index is -1.91. The van der Waals surface area contributed by atoms with Gasteiger partial charge in [-0.05, 0) is 56.3 Å². The molecular formula is C23H26N2O8Si. The molecule has 2 aromatic rings. The second-order valence-corrected chi connectivity index (χ2v) is 13.8. The molecule has 0 radical (unpaired) electrons. The molecule has 11 heteroatoms. The van der Waals surface area contributed by atoms with Crippen molar-refractivity contribution in [1.82, 2.24) is 9.47 Å². The van der Waals surface area contributed by atoms with Crippen LogP contribution in [0, 0.1) is 5.92 Å². The van der Waals surface area contributed by atoms with Crippen molar-refractivity contribution >= 4 is 43.0 Å². The fourth-order valence-corrected chi connectivity index (χ4v) is 5.98. The molecule has 0 unspecified atom stereocenters. The van der Waals surface area contributed by atoms with Gasteiger partial charge in [0, 0.05) is 0 Å². The van der Waals surface area contributed by atoms with E-state index in [2.05, 4.69) is 6.58 Å². The second kappa shape index (κ2) is 8.40. The number of aromatic nitrogens is 1. The number of oxazole rings is 1. The van der Waals surface area contributed by atoms with Gasteiger partial charge in [0.25, 0.3) is 0 Å². The largest absolute Gasteiger partial charge is 0.464 e. The van der Waals surface area contributed by atoms with E-state index >= 15 is 0 Å². The van der Waals surface area contributed by atoms with Crippen LogP contribution >= 0.6 is 0 Å². The van der Waals surface area contributed by atoms with Gasteiger partial charge in [-0.25, -0.2) is 14.4 Å². The normalized spacial score (nSPS) is 20.8. The molecule has 1 aromatic heterocycles. The fraction of sp³-hybridized carbons (Fsp3) is 0.391. The molecule has 0 aliphatic carbocycles. The van der Waals surface area contributed by atoms with Crippen LogP contribution in [-0.4, -0.2) is 59.6 Å². The summed E-state index contributed by atoms with van der Waals surface area (Å²) in [5.41, 5.74) is 1.28. The number of ether oxygens (including phenoxy) is 1. The minimum Gasteiger partial charge on any atom is -0.464 e. The highest BCUT2D eigenvalue weighted by Crippen LogP contribution is 2.48. The Morgan fingerprint density at radius 1 is 1.32 bits per heavy atom. The van der Waals surface area contributed by atoms with Crippen LogP contribution in [0.3, 0.4) is 0 Å². The predicted molar refractivity (Wildman–Crippen MR) is 125 cm³/mol. The van der Waals surface area contributed by atoms with E-state index in [1.165, 1.54) is 23.1 Å². The topological polar surface area (TPSA) is 128 Å². The summed E-state index contributed by atoms with van der Waals surface area (Å²) in [6.07, 6.45) is -0.0187. The monoisotopic (exact) mass is 486 g/mol. The highest BCUT2D eigenvalue weighted by molar-refractivity contribution is 6.69. The van der Waals surface area contributed by atoms with Gasteiger partial charge in [-0.15, -0.1) is 0 Å². The van der Waals surface area contributed by atoms with Gasteiger partial charge < -0.3 is 23.6 Å². The number of fused-ring (bicyclic) bond motifs is 2. The summed E-state index contributed by atoms with van der Waals surface area (Å²) in [6.45, 7) is 11.5. The van der Waals surface area contributed by atoms with E-state index in [0.29, 0.717) is 22.1 Å². The Hall–Kier alpha value is -3.44. The molecule has 0 saturated carbocycles. The SMILES string of the molecule is C=CCOC(=O)C1=C(c2ccc3oc(=O)n(C(=O)O)c3c2)C[C@@H]2[C@@H]([C@@H](C)O[Si](C)(C)C)C(=O)N12. The highest BCUT2D eigenvalue weighted by Gasteiger charge is 2.57. The Labute approximate surface area is 196 Å². The van der Waals surface area contributed by atoms with Gasteiger partial charge in [-0.2, -0.15) is 4.57 Å². The van der Waals surface area contributed by atoms with Gasteiger partial charge in [0.1, 0.15) is 17.8 Å². The standard InChI is InChI=1S/C23H26N2O8Si/c1-6-9-31-21(27)19-14(11-16-18(20(26)24(16)19)12(2)33-34(3,4)5)13-7-8-17-15(10-13)25(22(28)29)23(30)32-17/h6-8,10,12,16,18H,1,9,11H2,2-5H3,(H,28,29)/t12-,16-,18-/m1/s1. The van der Waals surface area contributed by atoms with E-state index in [-0.39, 0.29) is 41.5 Å². The summed E-state index contributed by atoms with van der Waals surface area (Å²) in [6, 6.07) is 4.28. The van der Waals surface area contributed by atoms with Crippen molar-refractivity contribution < 1.29 is 33.1 Å². The Bertz CT molecular complexity index is 1300. The van der Waals surface area contributed by atoms with Crippen LogP contribution < -0.4 is 5.76 Å². The van der Waals surface area contributed by atoms with Crippen LogP contribution in [0.4, 0.5) is 4.79 Å². The third-order valence-electron chi connectivity index (χ3n) is 5.90. The van der Waals surface area contributed by atoms with Crippen molar-refractivity contribution in [3.63, 3.8) is 0 Å². The van der Waals surface area contributed by atoms with Crippen molar-refractivity contribution in [3.8, 4) is 0 Å². The molecule has 1 amide bonds. The van der Waals surface area contributed by atoms with Crippen molar-refractivity contribution in [1.29, 1.82) is 0 Å². The number of amides is 1. The van der Waals surface area contributed by atoms with Gasteiger partial charge in [-0.1, -0.05) is 18.7 Å². The number of hydrogen-bond donors (Lipinski definition) is 1. The molecule has 3 atom stereocenters. The molecule has 0 spiro atoms. The number of carbonyl (C=O) groups excluding carboxylic acids is 2. The summed E-state index contributed by atoms with van der Waals surface area (Å²) >= 11 is 0. The maximum Gasteiger partial charge on any atom is 0.429 e. The number of carbonyl (C=O) groups is 3. The fourth-order valence-electron chi connectivity index (χ4n) is 4.72. The molecule has 0 bridgehead atoms. The van der Waals surface area contributed by atoms with E-state index in [1.54, 1.807) is 6.07 Å². The quantitative estimate of drug-likeness (QED) is 0.274. The number of esters is 1. The zero-order chi connectivity index (χ0) is 24.9. The van der Waals surface area contributed by atoms with E-state index < -0.39 is 32.1 Å². The first-order valence-corrected chi connectivity index (χ1v) is 14.3. The molecular weight excluding hydrogens is 460 g/mol. The lowest BCUT2D eigenvalue weighted by Gasteiger charge is -2.47. The third-order valence-corrected chi connectivity index (χ3v) is 6.98. The molecule has 1 N–H and O–H groups in total. The van der Waals surface area contributed by atoms with Crippen molar-refractivity contribution in [2.75, 3.05) is 6.61 Å². The van der Waals surface area contributed by atoms with Crippen LogP contribution in [0.2, 0.25) is 19.6 Å². The lowest BCUT2D eigenvalue weighted by Crippen LogP contribution is -2.63. The molecule has 34 heavy (non-hydrogen) atoms. The van der Waals surface area contributed by atoms with E-state index in [0.717, 1.165) is 0 Å². The van der Waals surface area contributed by atoms with Gasteiger partial charge in [-0.3, -0.25) is 4.79 Å². The summed E-state index contributed by atoms with van der Waals surface area (Å²) < 4.78 is 16.9. The van der Waals surface area contributed by atoms with Gasteiger partial charge in [0.05, 0.1) is 18.1 Å². The molecule has 1 aromatic carbocycles. The Balaban J connectivity index is 1.77. The van der Waals surface area contributed by atoms with Crippen molar-refractivity contribution in [2.24, 2.45) is 5.92 Å². The zero-order valence-electron chi connectivity index (χ0n) is 19.4. The Morgan fingerprint density at radius 2 is 2.03 bits per heavy atom. The average molecular weight is 487 g/mol. The molecule has 1 fully saturated rings. The summed E-state index contributed by atoms with van der Waals surface area (Å²) in [7, 11) is -1.91. The van der Waals surface area contributed by atoms with Crippen molar-refractivity contribution in [3.05, 3.63) is 52.7 Å². The summed E-state index contributed by atoms with van der Waals surface area (Å²) in [5, 5.41) is 9.41. The average Bonchev–Trinajstić information content (AvgIpc) is 3.24. The van der Waals surface area contributed by atoms with Crippen LogP contribution in [0.5, 0.6) is 0 Å². The molecule has 10 nitrogen and oxygen atoms in total. The lowest BCUT2D eigenvalue weighted by atomic mass is 9.82. The Morgan fingerprint density at radius 3 is 2.65 bits per heavy atom. The second-order valence-electron chi connectivity index (χ2n) is 9.32. The van der Waals surface area contributed by atoms with Crippen LogP contribution in [0.15, 0.2) is 45.8 Å². The van der Waals surface area contributed by atoms with Gasteiger partial charge in [0.2, 0.25) is 5.91 Å². The highest BCUT2D eigenvalue weighted by atomic mass is 28.4. The van der Waals surface area contributed by atoms with Crippen LogP contribution in [0.1, 0.15) is 18.9 Å². The van der Waals surface area contributed by atoms with Crippen LogP contribution in [0.25, 0.3) is 16.7 Å². The summed E-state index contributed by atoms with van der Waals surface area (Å²) in [4.78, 5) is 51.1. The van der Waals surface area contributed by atoms with E-state index in [9.17, 15) is 24.3 Å². The maximum atomic E-state index is 13.2. The van der Waals surface area contributed by atoms with Crippen LogP contribution in [-0.2, 0) is 18.8 Å². The first kappa shape index (κ1) is 23.7. The van der Waals surface area contributed by atoms with E-state index in [1.807, 2.05) is 26.6 Å². The number of nitrogens with zero attached hydrogens (tertiary/aromatic N) is 2. The van der Waals surface area contributed by atoms with E-state index in [4.69, 9.17) is 13.6 Å². The van der Waals surface area contributed by atoms with Gasteiger partial charge >= 0.3 is 17.8 Å². The third kappa shape index (κ3) is 3.90. The molecule has 1 saturated heterocycles. The molecule has 2 aliphatic heterocycles. The summed E-state index contributed by atoms with van der Waals surface area (Å²) in [5.74, 6) is -2.34. The number of hydrogen-bond acceptors (Lipinski definition) is 7. The molecule has 4 rings (SSSR count). The first-order chi connectivity index (χ1) is 15.9. The number of carboxylic acid groups (broad SMARTS) is 1. The number of rotatable bonds is 7. The van der Waals surface area contributed by atoms with Gasteiger partial charge in [0.15, 0.2) is 13.9 Å². The lowest BCUT2D eigenvalue weighted by molar-refractivity contribution is -0.161. The smallest absolute Gasteiger partial charge is 0.429 e. The zero-order valence-corrected chi connectivity index (χ0v) is 20.4. The van der Waals surface area contributed by atoms with Crippen molar-refractivity contribution in [2.45, 2.75) is 45.1 Å². The minimum absolute atomic E-state index is 0.0276. The first-order valence-electron chi connectivity index (χ1n) is 10.9. The predicted octanol–water partition coefficient (Wildman–Crippen LogP) is 3.03. The molecule has 180 valence electrons. The molecule has 2 aliphatic rings. The number of benzene rings is 1. The number of β-lactam (4-membered cyclic amide) rings is 1. The molecule has 3 heterocycles. The Kier molecular flexibility index (Phi) is 5.86.